The van der Waals surface area contributed by atoms with E-state index in [1.54, 1.807) is 12.1 Å². The van der Waals surface area contributed by atoms with Crippen LogP contribution in [-0.4, -0.2) is 0 Å². The topological polar surface area (TPSA) is 43.1 Å². The standard InChI is InChI=1S/C16H15NO/c1-12-2-4-13(5-3-12)6-7-14-8-10-15(17)16(18)11-9-14/h2-11H,1H3,(H2,17,18). The van der Waals surface area contributed by atoms with Crippen molar-refractivity contribution >= 4 is 17.8 Å². The van der Waals surface area contributed by atoms with Crippen molar-refractivity contribution in [3.8, 4) is 0 Å². The van der Waals surface area contributed by atoms with E-state index in [0.29, 0.717) is 0 Å². The lowest BCUT2D eigenvalue weighted by Gasteiger charge is -1.94. The Morgan fingerprint density at radius 3 is 1.94 bits per heavy atom. The monoisotopic (exact) mass is 237 g/mol. The van der Waals surface area contributed by atoms with E-state index in [1.165, 1.54) is 11.6 Å². The molecule has 0 aliphatic heterocycles. The molecule has 2 aromatic rings. The van der Waals surface area contributed by atoms with E-state index < -0.39 is 0 Å². The van der Waals surface area contributed by atoms with Gasteiger partial charge in [0, 0.05) is 0 Å². The van der Waals surface area contributed by atoms with Crippen molar-refractivity contribution in [2.75, 3.05) is 5.73 Å². The van der Waals surface area contributed by atoms with Gasteiger partial charge in [0.05, 0.1) is 5.69 Å². The van der Waals surface area contributed by atoms with Crippen LogP contribution in [0.4, 0.5) is 5.69 Å². The minimum atomic E-state index is -0.148. The SMILES string of the molecule is Cc1ccc(C=Cc2ccc(N)c(=O)cc2)cc1. The van der Waals surface area contributed by atoms with Crippen LogP contribution in [0.5, 0.6) is 0 Å². The third-order valence-electron chi connectivity index (χ3n) is 2.71. The second-order valence-corrected chi connectivity index (χ2v) is 4.23. The summed E-state index contributed by atoms with van der Waals surface area (Å²) in [6.45, 7) is 2.06. The van der Waals surface area contributed by atoms with Gasteiger partial charge in [-0.15, -0.1) is 0 Å². The van der Waals surface area contributed by atoms with E-state index in [4.69, 9.17) is 5.73 Å². The highest BCUT2D eigenvalue weighted by Crippen LogP contribution is 2.08. The molecule has 0 fully saturated rings. The maximum Gasteiger partial charge on any atom is 0.201 e. The smallest absolute Gasteiger partial charge is 0.201 e. The molecule has 2 rings (SSSR count). The Kier molecular flexibility index (Phi) is 3.58. The molecule has 0 aromatic heterocycles. The van der Waals surface area contributed by atoms with Gasteiger partial charge in [0.25, 0.3) is 0 Å². The summed E-state index contributed by atoms with van der Waals surface area (Å²) in [6, 6.07) is 15.0. The number of nitrogens with two attached hydrogens (primary N) is 1. The Hall–Kier alpha value is -2.35. The molecular formula is C16H15NO. The number of nitrogen functional groups attached to an aromatic ring is 1. The molecule has 0 spiro atoms. The summed E-state index contributed by atoms with van der Waals surface area (Å²) in [5.74, 6) is 0. The van der Waals surface area contributed by atoms with E-state index >= 15 is 0 Å². The van der Waals surface area contributed by atoms with Gasteiger partial charge < -0.3 is 5.73 Å². The Morgan fingerprint density at radius 1 is 0.833 bits per heavy atom. The predicted molar refractivity (Wildman–Crippen MR) is 77.2 cm³/mol. The fourth-order valence-electron chi connectivity index (χ4n) is 1.57. The van der Waals surface area contributed by atoms with Crippen molar-refractivity contribution in [2.45, 2.75) is 6.92 Å². The van der Waals surface area contributed by atoms with Gasteiger partial charge >= 0.3 is 0 Å². The van der Waals surface area contributed by atoms with Crippen molar-refractivity contribution in [1.82, 2.24) is 0 Å². The highest BCUT2D eigenvalue weighted by molar-refractivity contribution is 5.69. The van der Waals surface area contributed by atoms with Crippen molar-refractivity contribution in [2.24, 2.45) is 0 Å². The first-order chi connectivity index (χ1) is 8.65. The molecule has 2 N–H and O–H groups in total. The van der Waals surface area contributed by atoms with Crippen LogP contribution in [0.25, 0.3) is 12.2 Å². The molecule has 2 aromatic carbocycles. The molecular weight excluding hydrogens is 222 g/mol. The molecule has 0 bridgehead atoms. The summed E-state index contributed by atoms with van der Waals surface area (Å²) in [5.41, 5.74) is 8.99. The van der Waals surface area contributed by atoms with Crippen LogP contribution in [0.15, 0.2) is 53.3 Å². The zero-order valence-electron chi connectivity index (χ0n) is 10.3. The van der Waals surface area contributed by atoms with Crippen molar-refractivity contribution in [3.63, 3.8) is 0 Å². The number of hydrogen-bond acceptors (Lipinski definition) is 2. The lowest BCUT2D eigenvalue weighted by Crippen LogP contribution is -2.01. The van der Waals surface area contributed by atoms with Crippen molar-refractivity contribution in [1.29, 1.82) is 0 Å². The minimum Gasteiger partial charge on any atom is -0.396 e. The maximum atomic E-state index is 11.3. The first-order valence-corrected chi connectivity index (χ1v) is 5.80. The number of anilines is 1. The fraction of sp³-hybridized carbons (Fsp3) is 0.0625. The molecule has 0 saturated heterocycles. The molecule has 0 amide bonds. The molecule has 2 heteroatoms. The maximum absolute atomic E-state index is 11.3. The van der Waals surface area contributed by atoms with Crippen LogP contribution in [0.3, 0.4) is 0 Å². The van der Waals surface area contributed by atoms with Gasteiger partial charge in [-0.3, -0.25) is 4.79 Å². The van der Waals surface area contributed by atoms with Crippen LogP contribution in [-0.2, 0) is 0 Å². The highest BCUT2D eigenvalue weighted by Gasteiger charge is 1.91. The third kappa shape index (κ3) is 3.08. The van der Waals surface area contributed by atoms with Crippen LogP contribution >= 0.6 is 0 Å². The second kappa shape index (κ2) is 5.32. The molecule has 0 aliphatic carbocycles. The number of hydrogen-bond donors (Lipinski definition) is 1. The molecule has 0 heterocycles. The highest BCUT2D eigenvalue weighted by atomic mass is 16.1. The lowest BCUT2D eigenvalue weighted by molar-refractivity contribution is 1.46. The van der Waals surface area contributed by atoms with Gasteiger partial charge in [-0.1, -0.05) is 54.1 Å². The van der Waals surface area contributed by atoms with Gasteiger partial charge in [-0.2, -0.15) is 0 Å². The normalized spacial score (nSPS) is 10.7. The van der Waals surface area contributed by atoms with E-state index in [-0.39, 0.29) is 11.1 Å². The van der Waals surface area contributed by atoms with E-state index in [9.17, 15) is 4.79 Å². The Bertz CT molecular complexity index is 627. The predicted octanol–water partition coefficient (Wildman–Crippen LogP) is 3.11. The average Bonchev–Trinajstić information content (AvgIpc) is 2.53. The average molecular weight is 237 g/mol. The first kappa shape index (κ1) is 12.1. The molecule has 18 heavy (non-hydrogen) atoms. The quantitative estimate of drug-likeness (QED) is 0.872. The Balaban J connectivity index is 2.27. The van der Waals surface area contributed by atoms with E-state index in [1.807, 2.05) is 18.2 Å². The van der Waals surface area contributed by atoms with Crippen LogP contribution in [0, 0.1) is 6.92 Å². The molecule has 0 atom stereocenters. The summed E-state index contributed by atoms with van der Waals surface area (Å²) in [7, 11) is 0. The molecule has 90 valence electrons. The summed E-state index contributed by atoms with van der Waals surface area (Å²) in [5, 5.41) is 0. The van der Waals surface area contributed by atoms with Gasteiger partial charge in [0.15, 0.2) is 0 Å². The molecule has 0 unspecified atom stereocenters. The number of aryl methyl sites for hydroxylation is 1. The van der Waals surface area contributed by atoms with Gasteiger partial charge in [0.2, 0.25) is 5.43 Å². The fourth-order valence-corrected chi connectivity index (χ4v) is 1.57. The minimum absolute atomic E-state index is 0.148. The molecule has 0 aliphatic rings. The van der Waals surface area contributed by atoms with Gasteiger partial charge in [-0.25, -0.2) is 0 Å². The largest absolute Gasteiger partial charge is 0.396 e. The van der Waals surface area contributed by atoms with Crippen LogP contribution < -0.4 is 11.2 Å². The molecule has 0 saturated carbocycles. The third-order valence-corrected chi connectivity index (χ3v) is 2.71. The first-order valence-electron chi connectivity index (χ1n) is 5.80. The van der Waals surface area contributed by atoms with E-state index in [2.05, 4.69) is 31.2 Å². The summed E-state index contributed by atoms with van der Waals surface area (Å²) in [6.07, 6.45) is 3.97. The van der Waals surface area contributed by atoms with Crippen LogP contribution in [0.1, 0.15) is 16.7 Å². The molecule has 0 radical (unpaired) electrons. The second-order valence-electron chi connectivity index (χ2n) is 4.23. The van der Waals surface area contributed by atoms with Crippen LogP contribution in [0.2, 0.25) is 0 Å². The van der Waals surface area contributed by atoms with Gasteiger partial charge in [-0.05, 0) is 30.2 Å². The Labute approximate surface area is 106 Å². The lowest BCUT2D eigenvalue weighted by atomic mass is 10.1. The summed E-state index contributed by atoms with van der Waals surface area (Å²) in [4.78, 5) is 11.3. The number of benzene rings is 1. The van der Waals surface area contributed by atoms with Crippen molar-refractivity contribution < 1.29 is 0 Å². The van der Waals surface area contributed by atoms with Crippen molar-refractivity contribution in [3.05, 3.63) is 75.4 Å². The van der Waals surface area contributed by atoms with E-state index in [0.717, 1.165) is 11.1 Å². The molecule has 2 nitrogen and oxygen atoms in total. The Morgan fingerprint density at radius 2 is 1.33 bits per heavy atom. The summed E-state index contributed by atoms with van der Waals surface area (Å²) < 4.78 is 0. The zero-order valence-corrected chi connectivity index (χ0v) is 10.3. The van der Waals surface area contributed by atoms with Gasteiger partial charge in [0.1, 0.15) is 0 Å². The zero-order chi connectivity index (χ0) is 13.0. The summed E-state index contributed by atoms with van der Waals surface area (Å²) >= 11 is 0. The number of rotatable bonds is 2.